The van der Waals surface area contributed by atoms with Crippen molar-refractivity contribution in [3.63, 3.8) is 0 Å². The van der Waals surface area contributed by atoms with E-state index in [-0.39, 0.29) is 12.7 Å². The van der Waals surface area contributed by atoms with Gasteiger partial charge in [-0.1, -0.05) is 127 Å². The highest BCUT2D eigenvalue weighted by Gasteiger charge is 2.33. The number of benzene rings is 5. The van der Waals surface area contributed by atoms with Gasteiger partial charge in [0.25, 0.3) is 0 Å². The summed E-state index contributed by atoms with van der Waals surface area (Å²) in [6.45, 7) is 3.77. The van der Waals surface area contributed by atoms with Gasteiger partial charge in [0.1, 0.15) is 11.9 Å². The first-order valence-electron chi connectivity index (χ1n) is 16.7. The largest absolute Gasteiger partial charge is 0.494 e. The Bertz CT molecular complexity index is 1610. The Labute approximate surface area is 290 Å². The second-order valence-corrected chi connectivity index (χ2v) is 12.2. The average molecular weight is 665 g/mol. The number of ether oxygens (including phenoxy) is 4. The third-order valence-electron chi connectivity index (χ3n) is 8.22. The van der Waals surface area contributed by atoms with Gasteiger partial charge in [-0.3, -0.25) is 0 Å². The molecule has 250 valence electrons. The van der Waals surface area contributed by atoms with E-state index in [2.05, 4.69) is 48.5 Å². The van der Waals surface area contributed by atoms with Crippen molar-refractivity contribution >= 4 is 11.6 Å². The highest BCUT2D eigenvalue weighted by molar-refractivity contribution is 6.31. The quantitative estimate of drug-likeness (QED) is 0.0955. The van der Waals surface area contributed by atoms with Gasteiger partial charge in [0, 0.05) is 18.1 Å². The Morgan fingerprint density at radius 1 is 0.583 bits per heavy atom. The van der Waals surface area contributed by atoms with Crippen LogP contribution in [0.4, 0.5) is 0 Å². The van der Waals surface area contributed by atoms with Crippen LogP contribution in [0.2, 0.25) is 5.02 Å². The summed E-state index contributed by atoms with van der Waals surface area (Å²) >= 11 is 6.75. The second-order valence-electron chi connectivity index (χ2n) is 11.8. The minimum absolute atomic E-state index is 0.0385. The molecular weight excluding hydrogens is 620 g/mol. The van der Waals surface area contributed by atoms with Gasteiger partial charge >= 0.3 is 0 Å². The Morgan fingerprint density at radius 2 is 1.10 bits per heavy atom. The van der Waals surface area contributed by atoms with Crippen molar-refractivity contribution in [2.24, 2.45) is 0 Å². The molecule has 0 aliphatic heterocycles. The maximum atomic E-state index is 10.2. The first-order valence-corrected chi connectivity index (χ1v) is 17.1. The zero-order valence-corrected chi connectivity index (χ0v) is 28.3. The van der Waals surface area contributed by atoms with Crippen molar-refractivity contribution < 1.29 is 24.1 Å². The molecule has 0 fully saturated rings. The van der Waals surface area contributed by atoms with Gasteiger partial charge in [-0.05, 0) is 71.3 Å². The summed E-state index contributed by atoms with van der Waals surface area (Å²) in [6.07, 6.45) is 0.374. The van der Waals surface area contributed by atoms with Crippen LogP contribution in [0.25, 0.3) is 0 Å². The molecule has 0 amide bonds. The van der Waals surface area contributed by atoms with Crippen LogP contribution in [-0.2, 0) is 46.9 Å². The lowest BCUT2D eigenvalue weighted by Gasteiger charge is -2.34. The summed E-state index contributed by atoms with van der Waals surface area (Å²) < 4.78 is 25.7. The molecule has 0 heterocycles. The van der Waals surface area contributed by atoms with Crippen LogP contribution in [-0.4, -0.2) is 36.6 Å². The van der Waals surface area contributed by atoms with Gasteiger partial charge in [-0.2, -0.15) is 0 Å². The molecule has 1 N–H and O–H groups in total. The fourth-order valence-electron chi connectivity index (χ4n) is 5.73. The zero-order chi connectivity index (χ0) is 33.4. The minimum Gasteiger partial charge on any atom is -0.494 e. The van der Waals surface area contributed by atoms with E-state index in [0.29, 0.717) is 45.7 Å². The molecule has 5 aromatic carbocycles. The Balaban J connectivity index is 1.43. The van der Waals surface area contributed by atoms with Crippen LogP contribution in [0.1, 0.15) is 46.7 Å². The SMILES string of the molecule is CCOc1ccc(Cc2cc(C[C@@H](OCc3ccccc3)[C@H](OCc3ccccc3)[C@H](CCO)OCc3ccccc3)ccc2Cl)cc1. The van der Waals surface area contributed by atoms with E-state index in [9.17, 15) is 5.11 Å². The third-order valence-corrected chi connectivity index (χ3v) is 8.59. The second kappa shape index (κ2) is 19.1. The van der Waals surface area contributed by atoms with E-state index in [0.717, 1.165) is 44.2 Å². The smallest absolute Gasteiger partial charge is 0.119 e. The molecule has 5 nitrogen and oxygen atoms in total. The predicted octanol–water partition coefficient (Wildman–Crippen LogP) is 9.01. The third kappa shape index (κ3) is 11.0. The average Bonchev–Trinajstić information content (AvgIpc) is 3.13. The van der Waals surface area contributed by atoms with Crippen LogP contribution in [0.15, 0.2) is 133 Å². The van der Waals surface area contributed by atoms with E-state index in [1.165, 1.54) is 0 Å². The molecule has 0 radical (unpaired) electrons. The van der Waals surface area contributed by atoms with Gasteiger partial charge in [0.2, 0.25) is 0 Å². The van der Waals surface area contributed by atoms with Crippen LogP contribution < -0.4 is 4.74 Å². The standard InChI is InChI=1S/C42H45ClO5/c1-2-45-38-21-18-32(19-22-38)26-37-27-36(20-23-39(37)43)28-41(47-30-34-14-8-4-9-15-34)42(48-31-35-16-10-5-11-17-35)40(24-25-44)46-29-33-12-6-3-7-13-33/h3-23,27,40-42,44H,2,24-26,28-31H2,1H3/t40-,41+,42+/m0/s1. The molecule has 0 unspecified atom stereocenters. The maximum absolute atomic E-state index is 10.2. The molecule has 0 aromatic heterocycles. The van der Waals surface area contributed by atoms with Gasteiger partial charge in [0.05, 0.1) is 38.6 Å². The van der Waals surface area contributed by atoms with E-state index in [1.807, 2.05) is 91.9 Å². The highest BCUT2D eigenvalue weighted by Crippen LogP contribution is 2.27. The van der Waals surface area contributed by atoms with Crippen LogP contribution in [0.3, 0.4) is 0 Å². The normalized spacial score (nSPS) is 13.1. The number of aliphatic hydroxyl groups excluding tert-OH is 1. The predicted molar refractivity (Wildman–Crippen MR) is 192 cm³/mol. The molecule has 3 atom stereocenters. The van der Waals surface area contributed by atoms with E-state index >= 15 is 0 Å². The summed E-state index contributed by atoms with van der Waals surface area (Å²) in [7, 11) is 0. The fourth-order valence-corrected chi connectivity index (χ4v) is 5.91. The molecule has 0 spiro atoms. The topological polar surface area (TPSA) is 57.2 Å². The molecule has 0 aliphatic carbocycles. The van der Waals surface area contributed by atoms with Crippen LogP contribution in [0.5, 0.6) is 5.75 Å². The minimum atomic E-state index is -0.477. The lowest BCUT2D eigenvalue weighted by atomic mass is 9.95. The summed E-state index contributed by atoms with van der Waals surface area (Å²) in [5.41, 5.74) is 6.45. The van der Waals surface area contributed by atoms with Crippen molar-refractivity contribution in [2.75, 3.05) is 13.2 Å². The number of aliphatic hydroxyl groups is 1. The van der Waals surface area contributed by atoms with Crippen molar-refractivity contribution in [2.45, 2.75) is 64.3 Å². The molecule has 0 saturated heterocycles. The maximum Gasteiger partial charge on any atom is 0.119 e. The molecule has 0 aliphatic rings. The first kappa shape index (κ1) is 35.3. The number of hydrogen-bond donors (Lipinski definition) is 1. The summed E-state index contributed by atoms with van der Waals surface area (Å²) in [5, 5.41) is 10.9. The monoisotopic (exact) mass is 664 g/mol. The van der Waals surface area contributed by atoms with Crippen molar-refractivity contribution in [1.29, 1.82) is 0 Å². The number of rotatable bonds is 19. The van der Waals surface area contributed by atoms with Crippen LogP contribution >= 0.6 is 11.6 Å². The highest BCUT2D eigenvalue weighted by atomic mass is 35.5. The molecule has 6 heteroatoms. The zero-order valence-electron chi connectivity index (χ0n) is 27.5. The van der Waals surface area contributed by atoms with E-state index in [1.54, 1.807) is 0 Å². The summed E-state index contributed by atoms with van der Waals surface area (Å²) in [5.74, 6) is 0.855. The van der Waals surface area contributed by atoms with Crippen LogP contribution in [0, 0.1) is 0 Å². The van der Waals surface area contributed by atoms with Crippen molar-refractivity contribution in [3.8, 4) is 5.75 Å². The lowest BCUT2D eigenvalue weighted by Crippen LogP contribution is -2.44. The Kier molecular flexibility index (Phi) is 14.1. The Morgan fingerprint density at radius 3 is 1.65 bits per heavy atom. The van der Waals surface area contributed by atoms with E-state index in [4.69, 9.17) is 30.5 Å². The van der Waals surface area contributed by atoms with Gasteiger partial charge in [-0.15, -0.1) is 0 Å². The van der Waals surface area contributed by atoms with Gasteiger partial charge in [-0.25, -0.2) is 0 Å². The van der Waals surface area contributed by atoms with Gasteiger partial charge < -0.3 is 24.1 Å². The Hall–Kier alpha value is -3.97. The summed E-state index contributed by atoms with van der Waals surface area (Å²) in [4.78, 5) is 0. The molecule has 5 rings (SSSR count). The number of halogens is 1. The molecule has 5 aromatic rings. The lowest BCUT2D eigenvalue weighted by molar-refractivity contribution is -0.155. The summed E-state index contributed by atoms with van der Waals surface area (Å²) in [6, 6.07) is 44.7. The molecule has 0 bridgehead atoms. The first-order chi connectivity index (χ1) is 23.6. The number of hydrogen-bond acceptors (Lipinski definition) is 5. The molecule has 0 saturated carbocycles. The molecule has 48 heavy (non-hydrogen) atoms. The van der Waals surface area contributed by atoms with Gasteiger partial charge in [0.15, 0.2) is 0 Å². The van der Waals surface area contributed by atoms with E-state index < -0.39 is 12.2 Å². The van der Waals surface area contributed by atoms with Crippen molar-refractivity contribution in [1.82, 2.24) is 0 Å². The van der Waals surface area contributed by atoms with Crippen molar-refractivity contribution in [3.05, 3.63) is 172 Å². The molecular formula is C42H45ClO5. The fraction of sp³-hybridized carbons (Fsp3) is 0.286.